The second kappa shape index (κ2) is 22.7. The lowest BCUT2D eigenvalue weighted by molar-refractivity contribution is 0.0301. The maximum absolute atomic E-state index is 6.02. The van der Waals surface area contributed by atoms with Crippen LogP contribution in [0.25, 0.3) is 33.8 Å². The van der Waals surface area contributed by atoms with Crippen LogP contribution in [0, 0.1) is 0 Å². The van der Waals surface area contributed by atoms with Crippen molar-refractivity contribution in [3.05, 3.63) is 134 Å². The zero-order chi connectivity index (χ0) is 48.4. The molecule has 0 spiro atoms. The summed E-state index contributed by atoms with van der Waals surface area (Å²) in [5.74, 6) is 3.33. The van der Waals surface area contributed by atoms with Crippen molar-refractivity contribution in [3.63, 3.8) is 0 Å². The Morgan fingerprint density at radius 2 is 1.06 bits per heavy atom. The van der Waals surface area contributed by atoms with Crippen LogP contribution in [0.15, 0.2) is 139 Å². The van der Waals surface area contributed by atoms with Gasteiger partial charge < -0.3 is 40.4 Å². The molecule has 4 atom stereocenters. The van der Waals surface area contributed by atoms with E-state index in [1.165, 1.54) is 12.8 Å². The molecule has 0 aliphatic carbocycles. The van der Waals surface area contributed by atoms with Gasteiger partial charge >= 0.3 is 0 Å². The predicted molar refractivity (Wildman–Crippen MR) is 285 cm³/mol. The largest absolute Gasteiger partial charge is 0.399 e. The normalized spacial score (nSPS) is 19.6. The van der Waals surface area contributed by atoms with Gasteiger partial charge in [-0.2, -0.15) is 4.99 Å². The third-order valence-corrected chi connectivity index (χ3v) is 12.9. The summed E-state index contributed by atoms with van der Waals surface area (Å²) in [5, 5.41) is 18.7. The van der Waals surface area contributed by atoms with Crippen LogP contribution in [-0.4, -0.2) is 113 Å². The second-order valence-corrected chi connectivity index (χ2v) is 18.3. The molecule has 5 saturated heterocycles. The summed E-state index contributed by atoms with van der Waals surface area (Å²) in [5.41, 5.74) is 12.6. The fourth-order valence-corrected chi connectivity index (χ4v) is 9.51. The number of nitrogens with one attached hydrogen (secondary N) is 2. The zero-order valence-corrected chi connectivity index (χ0v) is 40.7. The van der Waals surface area contributed by atoms with Crippen molar-refractivity contribution >= 4 is 80.1 Å². The van der Waals surface area contributed by atoms with E-state index in [1.54, 1.807) is 36.9 Å². The van der Waals surface area contributed by atoms with Crippen molar-refractivity contribution < 1.29 is 14.2 Å². The molecule has 4 N–H and O–H groups in total. The van der Waals surface area contributed by atoms with Gasteiger partial charge in [0, 0.05) is 105 Å². The molecule has 0 unspecified atom stereocenters. The summed E-state index contributed by atoms with van der Waals surface area (Å²) >= 11 is 10.1. The number of hydrogen-bond acceptors (Lipinski definition) is 15. The van der Waals surface area contributed by atoms with Crippen molar-refractivity contribution in [2.24, 2.45) is 4.99 Å². The summed E-state index contributed by atoms with van der Waals surface area (Å²) in [7, 11) is 0. The van der Waals surface area contributed by atoms with Gasteiger partial charge in [-0.25, -0.2) is 19.0 Å². The molecule has 5 fully saturated rings. The molecule has 0 saturated carbocycles. The van der Waals surface area contributed by atoms with E-state index >= 15 is 0 Å². The van der Waals surface area contributed by atoms with Gasteiger partial charge in [0.05, 0.1) is 35.3 Å². The number of isothiocyanates is 1. The number of nitrogens with two attached hydrogens (primary N) is 1. The first-order valence-electron chi connectivity index (χ1n) is 23.9. The quantitative estimate of drug-likeness (QED) is 0.102. The molecule has 13 rings (SSSR count). The summed E-state index contributed by atoms with van der Waals surface area (Å²) in [6, 6.07) is 31.1. The minimum Gasteiger partial charge on any atom is -0.399 e. The Morgan fingerprint density at radius 1 is 0.606 bits per heavy atom. The SMILES string of the molecule is C1CCOC1.Nc1ccncc1.S=C(Nc1ccncc1)Nc1ccc(-c2nc(N3C[C@H]4CC[C@@H](C3)O4)c3cccn3n2)cc1.S=C=Nc1ccc(-c2nc(N3C[C@H]4CC[C@@H](C3)O4)c3cccn3n2)cc1. The highest BCUT2D eigenvalue weighted by Gasteiger charge is 2.36. The Morgan fingerprint density at radius 3 is 1.48 bits per heavy atom. The summed E-state index contributed by atoms with van der Waals surface area (Å²) in [6.45, 7) is 5.52. The van der Waals surface area contributed by atoms with Gasteiger partial charge in [0.1, 0.15) is 11.0 Å². The van der Waals surface area contributed by atoms with E-state index in [2.05, 4.69) is 70.0 Å². The number of thiocarbonyl (C=S) groups is 2. The van der Waals surface area contributed by atoms with E-state index in [4.69, 9.17) is 47.2 Å². The standard InChI is InChI=1S/C24H23N7OS.C19H17N5OS.C5H6N2.C4H8O/c33-24(27-18-9-11-25-12-10-18)26-17-5-3-16(4-6-17)22-28-23(21-2-1-13-31(21)29-22)30-14-19-7-8-20(15-30)32-19;26-12-20-14-5-3-13(4-6-14)18-21-19(17-2-1-9-24(17)22-18)23-10-15-7-8-16(11-23)25-15;6-5-1-3-7-4-2-5;1-2-4-5-3-1/h1-6,9-13,19-20H,7-8,14-15H2,(H2,25,26,27,33);1-6,9,15-16H,7-8,10-11H2;1-4H,(H2,6,7);1-4H2/t19-,20+;15-,16+;;. The molecular weight excluding hydrogens is 933 g/mol. The second-order valence-electron chi connectivity index (χ2n) is 17.7. The van der Waals surface area contributed by atoms with Crippen molar-refractivity contribution in [1.29, 1.82) is 0 Å². The number of hydrogen-bond donors (Lipinski definition) is 3. The molecule has 5 aliphatic rings. The molecule has 71 heavy (non-hydrogen) atoms. The molecule has 0 amide bonds. The number of aliphatic imine (C=N–C) groups is 1. The first-order chi connectivity index (χ1) is 34.9. The Balaban J connectivity index is 0.000000135. The van der Waals surface area contributed by atoms with Crippen LogP contribution < -0.4 is 26.2 Å². The number of ether oxygens (including phenoxy) is 3. The highest BCUT2D eigenvalue weighted by molar-refractivity contribution is 7.80. The first-order valence-corrected chi connectivity index (χ1v) is 24.7. The highest BCUT2D eigenvalue weighted by atomic mass is 32.1. The van der Waals surface area contributed by atoms with E-state index in [1.807, 2.05) is 94.2 Å². The van der Waals surface area contributed by atoms with Gasteiger partial charge in [-0.05, 0) is 160 Å². The van der Waals surface area contributed by atoms with Crippen LogP contribution in [-0.2, 0) is 14.2 Å². The van der Waals surface area contributed by atoms with Crippen molar-refractivity contribution in [2.75, 3.05) is 65.6 Å². The molecule has 2 aromatic carbocycles. The topological polar surface area (TPSA) is 183 Å². The fraction of sp³-hybridized carbons (Fsp3) is 0.308. The Labute approximate surface area is 422 Å². The maximum Gasteiger partial charge on any atom is 0.182 e. The van der Waals surface area contributed by atoms with E-state index in [9.17, 15) is 0 Å². The lowest BCUT2D eigenvalue weighted by Crippen LogP contribution is -2.43. The number of anilines is 5. The monoisotopic (exact) mass is 986 g/mol. The van der Waals surface area contributed by atoms with Crippen LogP contribution in [0.2, 0.25) is 0 Å². The van der Waals surface area contributed by atoms with Crippen LogP contribution in [0.4, 0.5) is 34.4 Å². The predicted octanol–water partition coefficient (Wildman–Crippen LogP) is 8.93. The van der Waals surface area contributed by atoms with Crippen LogP contribution >= 0.6 is 24.4 Å². The lowest BCUT2D eigenvalue weighted by Gasteiger charge is -2.33. The number of morpholine rings is 2. The molecule has 362 valence electrons. The molecule has 0 radical (unpaired) electrons. The van der Waals surface area contributed by atoms with Crippen molar-refractivity contribution in [3.8, 4) is 22.8 Å². The Bertz CT molecular complexity index is 3050. The minimum absolute atomic E-state index is 0.298. The molecular formula is C52H54N14O3S2. The van der Waals surface area contributed by atoms with Gasteiger partial charge in [0.25, 0.3) is 0 Å². The molecule has 8 aromatic rings. The minimum atomic E-state index is 0.298. The maximum atomic E-state index is 6.02. The molecule has 11 heterocycles. The number of rotatable bonds is 7. The van der Waals surface area contributed by atoms with E-state index in [-0.39, 0.29) is 0 Å². The van der Waals surface area contributed by atoms with Gasteiger partial charge in [0.2, 0.25) is 0 Å². The van der Waals surface area contributed by atoms with Crippen LogP contribution in [0.5, 0.6) is 0 Å². The highest BCUT2D eigenvalue weighted by Crippen LogP contribution is 2.34. The number of aromatic nitrogens is 8. The van der Waals surface area contributed by atoms with Crippen molar-refractivity contribution in [1.82, 2.24) is 39.2 Å². The molecule has 6 aromatic heterocycles. The Kier molecular flexibility index (Phi) is 15.1. The van der Waals surface area contributed by atoms with Crippen LogP contribution in [0.1, 0.15) is 38.5 Å². The molecule has 19 heteroatoms. The van der Waals surface area contributed by atoms with Gasteiger partial charge in [-0.15, -0.1) is 10.2 Å². The third-order valence-electron chi connectivity index (χ3n) is 12.6. The number of fused-ring (bicyclic) bond motifs is 6. The van der Waals surface area contributed by atoms with Crippen molar-refractivity contribution in [2.45, 2.75) is 62.9 Å². The summed E-state index contributed by atoms with van der Waals surface area (Å²) < 4.78 is 20.8. The van der Waals surface area contributed by atoms with Gasteiger partial charge in [0.15, 0.2) is 28.4 Å². The van der Waals surface area contributed by atoms with E-state index in [0.29, 0.717) is 41.2 Å². The average Bonchev–Trinajstić information content (AvgIpc) is 4.29. The number of nitrogens with zero attached hydrogens (tertiary/aromatic N) is 11. The first kappa shape index (κ1) is 47.4. The molecule has 5 aliphatic heterocycles. The fourth-order valence-electron chi connectivity index (χ4n) is 9.17. The smallest absolute Gasteiger partial charge is 0.182 e. The molecule has 17 nitrogen and oxygen atoms in total. The Hall–Kier alpha value is -7.25. The molecule has 4 bridgehead atoms. The third kappa shape index (κ3) is 12.0. The van der Waals surface area contributed by atoms with Gasteiger partial charge in [-0.1, -0.05) is 0 Å². The summed E-state index contributed by atoms with van der Waals surface area (Å²) in [4.78, 5) is 26.4. The van der Waals surface area contributed by atoms with Gasteiger partial charge in [-0.3, -0.25) is 9.97 Å². The lowest BCUT2D eigenvalue weighted by atomic mass is 10.2. The number of nitrogen functional groups attached to an aromatic ring is 1. The average molecular weight is 987 g/mol. The van der Waals surface area contributed by atoms with E-state index in [0.717, 1.165) is 122 Å². The van der Waals surface area contributed by atoms with E-state index < -0.39 is 0 Å². The number of pyridine rings is 2. The summed E-state index contributed by atoms with van der Waals surface area (Å²) in [6.07, 6.45) is 19.0. The zero-order valence-electron chi connectivity index (χ0n) is 39.0. The number of benzene rings is 2. The van der Waals surface area contributed by atoms with Crippen LogP contribution in [0.3, 0.4) is 0 Å².